The van der Waals surface area contributed by atoms with E-state index in [1.165, 1.54) is 11.1 Å². The number of rotatable bonds is 9. The molecule has 0 radical (unpaired) electrons. The first-order valence-corrected chi connectivity index (χ1v) is 8.45. The molecular formula is C20H28N2O2. The van der Waals surface area contributed by atoms with E-state index >= 15 is 0 Å². The van der Waals surface area contributed by atoms with Crippen LogP contribution in [-0.2, 0) is 24.4 Å². The fourth-order valence-corrected chi connectivity index (χ4v) is 2.79. The topological polar surface area (TPSA) is 34.6 Å². The molecule has 0 spiro atoms. The van der Waals surface area contributed by atoms with Gasteiger partial charge in [0.1, 0.15) is 5.75 Å². The Hall–Kier alpha value is -1.91. The summed E-state index contributed by atoms with van der Waals surface area (Å²) >= 11 is 0. The molecule has 0 aliphatic carbocycles. The average molecular weight is 328 g/mol. The van der Waals surface area contributed by atoms with Crippen molar-refractivity contribution < 1.29 is 9.47 Å². The van der Waals surface area contributed by atoms with Gasteiger partial charge in [-0.25, -0.2) is 0 Å². The van der Waals surface area contributed by atoms with Crippen LogP contribution in [0.1, 0.15) is 37.0 Å². The molecule has 1 atom stereocenters. The van der Waals surface area contributed by atoms with Crippen molar-refractivity contribution >= 4 is 0 Å². The third-order valence-corrected chi connectivity index (χ3v) is 4.35. The fourth-order valence-electron chi connectivity index (χ4n) is 2.79. The van der Waals surface area contributed by atoms with Crippen molar-refractivity contribution in [3.05, 3.63) is 59.4 Å². The molecule has 2 aromatic rings. The Bertz CT molecular complexity index is 616. The fraction of sp³-hybridized carbons (Fsp3) is 0.450. The summed E-state index contributed by atoms with van der Waals surface area (Å²) in [5.74, 6) is 0.878. The van der Waals surface area contributed by atoms with E-state index in [-0.39, 0.29) is 0 Å². The maximum Gasteiger partial charge on any atom is 0.124 e. The minimum absolute atomic E-state index is 0.498. The second-order valence-electron chi connectivity index (χ2n) is 6.10. The first-order valence-electron chi connectivity index (χ1n) is 8.45. The molecule has 0 bridgehead atoms. The number of hydrogen-bond donors (Lipinski definition) is 0. The zero-order valence-corrected chi connectivity index (χ0v) is 15.2. The first-order chi connectivity index (χ1) is 11.7. The van der Waals surface area contributed by atoms with Gasteiger partial charge in [0, 0.05) is 44.2 Å². The molecule has 2 rings (SSSR count). The number of nitrogens with zero attached hydrogens (tertiary/aromatic N) is 2. The summed E-state index contributed by atoms with van der Waals surface area (Å²) in [4.78, 5) is 6.71. The van der Waals surface area contributed by atoms with Crippen LogP contribution in [0.3, 0.4) is 0 Å². The van der Waals surface area contributed by atoms with Crippen LogP contribution in [0.25, 0.3) is 0 Å². The Morgan fingerprint density at radius 1 is 1.12 bits per heavy atom. The van der Waals surface area contributed by atoms with E-state index in [0.29, 0.717) is 12.6 Å². The van der Waals surface area contributed by atoms with Gasteiger partial charge >= 0.3 is 0 Å². The van der Waals surface area contributed by atoms with Gasteiger partial charge in [0.25, 0.3) is 0 Å². The van der Waals surface area contributed by atoms with Crippen molar-refractivity contribution in [2.45, 2.75) is 46.0 Å². The zero-order chi connectivity index (χ0) is 17.4. The molecule has 0 aliphatic heterocycles. The largest absolute Gasteiger partial charge is 0.496 e. The third-order valence-electron chi connectivity index (χ3n) is 4.35. The van der Waals surface area contributed by atoms with Crippen LogP contribution in [-0.4, -0.2) is 30.1 Å². The summed E-state index contributed by atoms with van der Waals surface area (Å²) in [6.07, 6.45) is 4.87. The summed E-state index contributed by atoms with van der Waals surface area (Å²) in [6.45, 7) is 6.85. The van der Waals surface area contributed by atoms with E-state index in [2.05, 4.69) is 41.9 Å². The number of ether oxygens (including phenoxy) is 2. The van der Waals surface area contributed by atoms with Crippen LogP contribution in [0, 0.1) is 0 Å². The van der Waals surface area contributed by atoms with Gasteiger partial charge in [-0.05, 0) is 42.7 Å². The molecule has 24 heavy (non-hydrogen) atoms. The molecule has 0 fully saturated rings. The molecule has 130 valence electrons. The van der Waals surface area contributed by atoms with Gasteiger partial charge in [0.2, 0.25) is 0 Å². The van der Waals surface area contributed by atoms with E-state index < -0.39 is 0 Å². The molecular weight excluding hydrogens is 300 g/mol. The maximum atomic E-state index is 5.42. The van der Waals surface area contributed by atoms with Crippen molar-refractivity contribution in [3.63, 3.8) is 0 Å². The maximum absolute atomic E-state index is 5.42. The Morgan fingerprint density at radius 2 is 1.92 bits per heavy atom. The van der Waals surface area contributed by atoms with Gasteiger partial charge in [0.05, 0.1) is 13.7 Å². The van der Waals surface area contributed by atoms with Crippen LogP contribution in [0.4, 0.5) is 0 Å². The Labute approximate surface area is 145 Å². The lowest BCUT2D eigenvalue weighted by Crippen LogP contribution is -2.31. The predicted molar refractivity (Wildman–Crippen MR) is 96.9 cm³/mol. The minimum Gasteiger partial charge on any atom is -0.496 e. The predicted octanol–water partition coefficient (Wildman–Crippen LogP) is 4.04. The van der Waals surface area contributed by atoms with Crippen molar-refractivity contribution in [1.82, 2.24) is 9.88 Å². The Kier molecular flexibility index (Phi) is 7.22. The molecule has 1 aromatic carbocycles. The lowest BCUT2D eigenvalue weighted by atomic mass is 10.1. The standard InChI is InChI=1S/C20H28N2O2/c1-5-16(2)22(14-18-7-6-10-21-12-18)13-17-8-9-20(24-4)19(11-17)15-23-3/h6-12,16H,5,13-15H2,1-4H3/t16-/m0/s1. The number of methoxy groups -OCH3 is 2. The van der Waals surface area contributed by atoms with Gasteiger partial charge in [-0.3, -0.25) is 9.88 Å². The Morgan fingerprint density at radius 3 is 2.54 bits per heavy atom. The number of pyridine rings is 1. The minimum atomic E-state index is 0.498. The molecule has 4 heteroatoms. The smallest absolute Gasteiger partial charge is 0.124 e. The number of aromatic nitrogens is 1. The second kappa shape index (κ2) is 9.40. The van der Waals surface area contributed by atoms with Crippen LogP contribution in [0.5, 0.6) is 5.75 Å². The van der Waals surface area contributed by atoms with Crippen molar-refractivity contribution in [2.75, 3.05) is 14.2 Å². The van der Waals surface area contributed by atoms with Crippen molar-refractivity contribution in [2.24, 2.45) is 0 Å². The van der Waals surface area contributed by atoms with Crippen LogP contribution >= 0.6 is 0 Å². The van der Waals surface area contributed by atoms with Crippen LogP contribution in [0.2, 0.25) is 0 Å². The quantitative estimate of drug-likeness (QED) is 0.696. The summed E-state index contributed by atoms with van der Waals surface area (Å²) in [5.41, 5.74) is 3.60. The van der Waals surface area contributed by atoms with Gasteiger partial charge in [-0.2, -0.15) is 0 Å². The van der Waals surface area contributed by atoms with Crippen LogP contribution < -0.4 is 4.74 Å². The molecule has 0 amide bonds. The molecule has 0 saturated heterocycles. The summed E-state index contributed by atoms with van der Waals surface area (Å²) in [7, 11) is 3.40. The van der Waals surface area contributed by atoms with Crippen molar-refractivity contribution in [1.29, 1.82) is 0 Å². The average Bonchev–Trinajstić information content (AvgIpc) is 2.62. The highest BCUT2D eigenvalue weighted by Gasteiger charge is 2.14. The van der Waals surface area contributed by atoms with Gasteiger partial charge in [0.15, 0.2) is 0 Å². The molecule has 0 aliphatic rings. The summed E-state index contributed by atoms with van der Waals surface area (Å²) in [6, 6.07) is 11.0. The molecule has 4 nitrogen and oxygen atoms in total. The van der Waals surface area contributed by atoms with Gasteiger partial charge in [-0.1, -0.05) is 19.1 Å². The molecule has 0 N–H and O–H groups in total. The molecule has 1 aromatic heterocycles. The third kappa shape index (κ3) is 5.05. The van der Waals surface area contributed by atoms with Gasteiger partial charge < -0.3 is 9.47 Å². The summed E-state index contributed by atoms with van der Waals surface area (Å²) in [5, 5.41) is 0. The first kappa shape index (κ1) is 18.4. The molecule has 0 unspecified atom stereocenters. The van der Waals surface area contributed by atoms with E-state index in [9.17, 15) is 0 Å². The lowest BCUT2D eigenvalue weighted by molar-refractivity contribution is 0.179. The second-order valence-corrected chi connectivity index (χ2v) is 6.10. The zero-order valence-electron chi connectivity index (χ0n) is 15.2. The number of benzene rings is 1. The molecule has 0 saturated carbocycles. The highest BCUT2D eigenvalue weighted by atomic mass is 16.5. The molecule has 1 heterocycles. The lowest BCUT2D eigenvalue weighted by Gasteiger charge is -2.28. The monoisotopic (exact) mass is 328 g/mol. The highest BCUT2D eigenvalue weighted by molar-refractivity contribution is 5.37. The Balaban J connectivity index is 2.18. The van der Waals surface area contributed by atoms with Crippen molar-refractivity contribution in [3.8, 4) is 5.75 Å². The highest BCUT2D eigenvalue weighted by Crippen LogP contribution is 2.23. The number of hydrogen-bond acceptors (Lipinski definition) is 4. The van der Waals surface area contributed by atoms with E-state index in [1.54, 1.807) is 14.2 Å². The normalized spacial score (nSPS) is 12.4. The van der Waals surface area contributed by atoms with Crippen LogP contribution in [0.15, 0.2) is 42.7 Å². The van der Waals surface area contributed by atoms with E-state index in [0.717, 1.165) is 30.8 Å². The summed E-state index contributed by atoms with van der Waals surface area (Å²) < 4.78 is 10.7. The van der Waals surface area contributed by atoms with E-state index in [1.807, 2.05) is 24.5 Å². The van der Waals surface area contributed by atoms with E-state index in [4.69, 9.17) is 9.47 Å². The SMILES string of the molecule is CC[C@H](C)N(Cc1cccnc1)Cc1ccc(OC)c(COC)c1. The van der Waals surface area contributed by atoms with Gasteiger partial charge in [-0.15, -0.1) is 0 Å².